The maximum absolute atomic E-state index is 8.75. The van der Waals surface area contributed by atoms with Gasteiger partial charge in [-0.1, -0.05) is 11.3 Å². The van der Waals surface area contributed by atoms with Gasteiger partial charge in [-0.25, -0.2) is 14.6 Å². The van der Waals surface area contributed by atoms with Crippen molar-refractivity contribution in [2.24, 2.45) is 0 Å². The van der Waals surface area contributed by atoms with Crippen molar-refractivity contribution >= 4 is 11.3 Å². The SMILES string of the molecule is CCn1ncnc1-c1sc(C#N)nc1C. The van der Waals surface area contributed by atoms with Crippen LogP contribution >= 0.6 is 11.3 Å². The van der Waals surface area contributed by atoms with Gasteiger partial charge >= 0.3 is 0 Å². The zero-order valence-corrected chi connectivity index (χ0v) is 9.25. The van der Waals surface area contributed by atoms with Crippen LogP contribution in [0.25, 0.3) is 10.7 Å². The zero-order chi connectivity index (χ0) is 10.8. The van der Waals surface area contributed by atoms with Gasteiger partial charge in [-0.3, -0.25) is 0 Å². The van der Waals surface area contributed by atoms with Gasteiger partial charge in [-0.15, -0.1) is 0 Å². The van der Waals surface area contributed by atoms with Crippen molar-refractivity contribution < 1.29 is 0 Å². The summed E-state index contributed by atoms with van der Waals surface area (Å²) in [5, 5.41) is 13.3. The standard InChI is InChI=1S/C9H9N5S/c1-3-14-9(11-5-12-14)8-6(2)13-7(4-10)15-8/h5H,3H2,1-2H3. The van der Waals surface area contributed by atoms with Crippen molar-refractivity contribution in [3.8, 4) is 16.8 Å². The van der Waals surface area contributed by atoms with E-state index in [9.17, 15) is 0 Å². The average molecular weight is 219 g/mol. The fourth-order valence-corrected chi connectivity index (χ4v) is 2.19. The predicted octanol–water partition coefficient (Wildman–Crippen LogP) is 1.60. The molecule has 0 radical (unpaired) electrons. The van der Waals surface area contributed by atoms with Crippen LogP contribution in [0.1, 0.15) is 17.6 Å². The Balaban J connectivity index is 2.54. The highest BCUT2D eigenvalue weighted by Crippen LogP contribution is 2.27. The highest BCUT2D eigenvalue weighted by Gasteiger charge is 2.14. The molecule has 0 saturated heterocycles. The van der Waals surface area contributed by atoms with E-state index >= 15 is 0 Å². The van der Waals surface area contributed by atoms with Crippen molar-refractivity contribution in [2.45, 2.75) is 20.4 Å². The number of aryl methyl sites for hydroxylation is 2. The van der Waals surface area contributed by atoms with Crippen LogP contribution in [0.4, 0.5) is 0 Å². The normalized spacial score (nSPS) is 10.2. The molecule has 15 heavy (non-hydrogen) atoms. The van der Waals surface area contributed by atoms with Gasteiger partial charge in [0.1, 0.15) is 12.4 Å². The molecule has 0 fully saturated rings. The van der Waals surface area contributed by atoms with Crippen LogP contribution in [-0.2, 0) is 6.54 Å². The van der Waals surface area contributed by atoms with Crippen molar-refractivity contribution in [3.63, 3.8) is 0 Å². The van der Waals surface area contributed by atoms with Crippen molar-refractivity contribution in [1.29, 1.82) is 5.26 Å². The summed E-state index contributed by atoms with van der Waals surface area (Å²) in [5.74, 6) is 0.786. The first-order chi connectivity index (χ1) is 7.26. The maximum atomic E-state index is 8.75. The molecule has 2 aromatic heterocycles. The molecule has 2 rings (SSSR count). The fourth-order valence-electron chi connectivity index (χ4n) is 1.32. The molecule has 5 nitrogen and oxygen atoms in total. The van der Waals surface area contributed by atoms with Gasteiger partial charge in [-0.2, -0.15) is 10.4 Å². The van der Waals surface area contributed by atoms with E-state index in [1.54, 1.807) is 4.68 Å². The zero-order valence-electron chi connectivity index (χ0n) is 8.43. The third-order valence-corrected chi connectivity index (χ3v) is 3.07. The molecular weight excluding hydrogens is 210 g/mol. The Morgan fingerprint density at radius 1 is 1.60 bits per heavy atom. The van der Waals surface area contributed by atoms with Gasteiger partial charge in [0.15, 0.2) is 10.8 Å². The Kier molecular flexibility index (Phi) is 2.47. The van der Waals surface area contributed by atoms with Crippen LogP contribution in [0, 0.1) is 18.3 Å². The lowest BCUT2D eigenvalue weighted by Crippen LogP contribution is -1.99. The largest absolute Gasteiger partial charge is 0.245 e. The molecule has 0 amide bonds. The van der Waals surface area contributed by atoms with Gasteiger partial charge in [0.05, 0.1) is 10.6 Å². The number of hydrogen-bond donors (Lipinski definition) is 0. The van der Waals surface area contributed by atoms with Crippen LogP contribution in [0.3, 0.4) is 0 Å². The molecular formula is C9H9N5S. The van der Waals surface area contributed by atoms with Gasteiger partial charge in [-0.05, 0) is 13.8 Å². The minimum atomic E-state index is 0.466. The molecule has 0 unspecified atom stereocenters. The third-order valence-electron chi connectivity index (χ3n) is 2.01. The summed E-state index contributed by atoms with van der Waals surface area (Å²) in [6.45, 7) is 4.63. The number of rotatable bonds is 2. The van der Waals surface area contributed by atoms with E-state index in [0.29, 0.717) is 5.01 Å². The van der Waals surface area contributed by atoms with E-state index in [4.69, 9.17) is 5.26 Å². The molecule has 2 heterocycles. The maximum Gasteiger partial charge on any atom is 0.195 e. The molecule has 0 aromatic carbocycles. The highest BCUT2D eigenvalue weighted by atomic mass is 32.1. The second-order valence-electron chi connectivity index (χ2n) is 2.94. The molecule has 76 valence electrons. The van der Waals surface area contributed by atoms with Gasteiger partial charge in [0, 0.05) is 6.54 Å². The van der Waals surface area contributed by atoms with Crippen molar-refractivity contribution in [3.05, 3.63) is 17.0 Å². The van der Waals surface area contributed by atoms with Crippen LogP contribution in [-0.4, -0.2) is 19.7 Å². The molecule has 0 spiro atoms. The number of nitrogens with zero attached hydrogens (tertiary/aromatic N) is 5. The van der Waals surface area contributed by atoms with Crippen molar-refractivity contribution in [2.75, 3.05) is 0 Å². The predicted molar refractivity (Wildman–Crippen MR) is 56.3 cm³/mol. The summed E-state index contributed by atoms with van der Waals surface area (Å²) in [4.78, 5) is 9.24. The van der Waals surface area contributed by atoms with Gasteiger partial charge < -0.3 is 0 Å². The quantitative estimate of drug-likeness (QED) is 0.769. The van der Waals surface area contributed by atoms with E-state index in [1.165, 1.54) is 17.7 Å². The summed E-state index contributed by atoms with van der Waals surface area (Å²) in [7, 11) is 0. The second kappa shape index (κ2) is 3.79. The number of thiazole rings is 1. The van der Waals surface area contributed by atoms with Crippen LogP contribution in [0.5, 0.6) is 0 Å². The second-order valence-corrected chi connectivity index (χ2v) is 3.94. The first kappa shape index (κ1) is 9.80. The lowest BCUT2D eigenvalue weighted by Gasteiger charge is -1.99. The monoisotopic (exact) mass is 219 g/mol. The van der Waals surface area contributed by atoms with E-state index in [2.05, 4.69) is 15.1 Å². The Labute approximate surface area is 91.0 Å². The molecule has 0 aliphatic rings. The van der Waals surface area contributed by atoms with Crippen LogP contribution in [0.2, 0.25) is 0 Å². The van der Waals surface area contributed by atoms with E-state index in [-0.39, 0.29) is 0 Å². The molecule has 0 aliphatic carbocycles. The van der Waals surface area contributed by atoms with Gasteiger partial charge in [0.25, 0.3) is 0 Å². The highest BCUT2D eigenvalue weighted by molar-refractivity contribution is 7.15. The third kappa shape index (κ3) is 1.62. The van der Waals surface area contributed by atoms with E-state index in [1.807, 2.05) is 19.9 Å². The average Bonchev–Trinajstić information content (AvgIpc) is 2.82. The topological polar surface area (TPSA) is 67.4 Å². The molecule has 0 atom stereocenters. The lowest BCUT2D eigenvalue weighted by atomic mass is 10.4. The summed E-state index contributed by atoms with van der Waals surface area (Å²) in [6, 6.07) is 2.04. The number of hydrogen-bond acceptors (Lipinski definition) is 5. The summed E-state index contributed by atoms with van der Waals surface area (Å²) in [6.07, 6.45) is 1.52. The Bertz CT molecular complexity index is 519. The van der Waals surface area contributed by atoms with Crippen LogP contribution < -0.4 is 0 Å². The molecule has 0 bridgehead atoms. The Hall–Kier alpha value is -1.74. The minimum Gasteiger partial charge on any atom is -0.245 e. The summed E-state index contributed by atoms with van der Waals surface area (Å²) in [5.41, 5.74) is 0.833. The van der Waals surface area contributed by atoms with E-state index in [0.717, 1.165) is 22.9 Å². The minimum absolute atomic E-state index is 0.466. The number of aromatic nitrogens is 4. The first-order valence-electron chi connectivity index (χ1n) is 4.52. The molecule has 0 aliphatic heterocycles. The summed E-state index contributed by atoms with van der Waals surface area (Å²) >= 11 is 1.35. The lowest BCUT2D eigenvalue weighted by molar-refractivity contribution is 0.666. The van der Waals surface area contributed by atoms with E-state index < -0.39 is 0 Å². The Morgan fingerprint density at radius 2 is 2.40 bits per heavy atom. The van der Waals surface area contributed by atoms with Crippen molar-refractivity contribution in [1.82, 2.24) is 19.7 Å². The van der Waals surface area contributed by atoms with Crippen LogP contribution in [0.15, 0.2) is 6.33 Å². The molecule has 0 N–H and O–H groups in total. The smallest absolute Gasteiger partial charge is 0.195 e. The summed E-state index contributed by atoms with van der Waals surface area (Å²) < 4.78 is 1.79. The first-order valence-corrected chi connectivity index (χ1v) is 5.33. The molecule has 0 saturated carbocycles. The number of nitriles is 1. The van der Waals surface area contributed by atoms with Gasteiger partial charge in [0.2, 0.25) is 0 Å². The Morgan fingerprint density at radius 3 is 3.00 bits per heavy atom. The molecule has 6 heteroatoms. The fraction of sp³-hybridized carbons (Fsp3) is 0.333. The molecule has 2 aromatic rings.